The molecule has 0 bridgehead atoms. The molecule has 1 aliphatic rings. The number of carbonyl (C=O) groups excluding carboxylic acids is 1. The van der Waals surface area contributed by atoms with Gasteiger partial charge in [0.25, 0.3) is 5.91 Å². The summed E-state index contributed by atoms with van der Waals surface area (Å²) in [4.78, 5) is 15.7. The van der Waals surface area contributed by atoms with Crippen LogP contribution >= 0.6 is 0 Å². The van der Waals surface area contributed by atoms with Gasteiger partial charge in [-0.05, 0) is 59.9 Å². The number of amides is 1. The Hall–Kier alpha value is -1.81. The number of nitrogens with zero attached hydrogens (tertiary/aromatic N) is 1. The third kappa shape index (κ3) is 4.21. The minimum atomic E-state index is 0.0000827. The van der Waals surface area contributed by atoms with E-state index in [1.165, 1.54) is 0 Å². The van der Waals surface area contributed by atoms with Crippen LogP contribution in [0.2, 0.25) is 0 Å². The summed E-state index contributed by atoms with van der Waals surface area (Å²) in [5, 5.41) is 4.75. The molecule has 2 aromatic rings. The molecule has 3 rings (SSSR count). The summed E-state index contributed by atoms with van der Waals surface area (Å²) in [5.74, 6) is 0.539. The number of piperidine rings is 1. The molecule has 1 amide bonds. The zero-order valence-electron chi connectivity index (χ0n) is 17.7. The number of furan rings is 1. The highest BCUT2D eigenvalue weighted by molar-refractivity contribution is 5.99. The summed E-state index contributed by atoms with van der Waals surface area (Å²) in [6.07, 6.45) is 3.98. The van der Waals surface area contributed by atoms with Crippen LogP contribution in [-0.2, 0) is 0 Å². The van der Waals surface area contributed by atoms with Gasteiger partial charge in [0.1, 0.15) is 5.58 Å². The second-order valence-corrected chi connectivity index (χ2v) is 9.36. The van der Waals surface area contributed by atoms with Crippen LogP contribution in [0, 0.1) is 6.92 Å². The minimum Gasteiger partial charge on any atom is -0.451 e. The Morgan fingerprint density at radius 1 is 1.19 bits per heavy atom. The number of rotatable bonds is 5. The average Bonchev–Trinajstić information content (AvgIpc) is 2.89. The van der Waals surface area contributed by atoms with Crippen molar-refractivity contribution in [2.24, 2.45) is 0 Å². The number of unbranched alkanes of at least 4 members (excludes halogenated alkanes) is 1. The second-order valence-electron chi connectivity index (χ2n) is 9.36. The number of hydrogen-bond donors (Lipinski definition) is 1. The topological polar surface area (TPSA) is 45.5 Å². The van der Waals surface area contributed by atoms with Crippen LogP contribution in [0.1, 0.15) is 76.4 Å². The van der Waals surface area contributed by atoms with E-state index in [0.717, 1.165) is 48.8 Å². The van der Waals surface area contributed by atoms with E-state index in [2.05, 4.69) is 44.8 Å². The van der Waals surface area contributed by atoms with E-state index in [0.29, 0.717) is 5.76 Å². The summed E-state index contributed by atoms with van der Waals surface area (Å²) in [6, 6.07) is 8.12. The fraction of sp³-hybridized carbons (Fsp3) is 0.609. The maximum atomic E-state index is 13.6. The molecule has 1 aromatic carbocycles. The van der Waals surface area contributed by atoms with Crippen molar-refractivity contribution < 1.29 is 9.21 Å². The first-order valence-corrected chi connectivity index (χ1v) is 10.2. The number of aryl methyl sites for hydroxylation is 1. The highest BCUT2D eigenvalue weighted by Gasteiger charge is 2.41. The van der Waals surface area contributed by atoms with E-state index in [9.17, 15) is 4.79 Å². The predicted molar refractivity (Wildman–Crippen MR) is 111 cm³/mol. The Kier molecular flexibility index (Phi) is 5.40. The van der Waals surface area contributed by atoms with Crippen molar-refractivity contribution in [3.8, 4) is 0 Å². The highest BCUT2D eigenvalue weighted by Crippen LogP contribution is 2.34. The van der Waals surface area contributed by atoms with Crippen LogP contribution < -0.4 is 5.32 Å². The molecule has 27 heavy (non-hydrogen) atoms. The standard InChI is InChI=1S/C23H34N2O2/c1-7-8-13-25(17-14-22(3,4)24-23(5,6)15-17)21(26)20-16(2)18-11-9-10-12-19(18)27-20/h9-12,17,24H,7-8,13-15H2,1-6H3. The first-order chi connectivity index (χ1) is 12.6. The number of hydrogen-bond acceptors (Lipinski definition) is 3. The van der Waals surface area contributed by atoms with Crippen LogP contribution in [0.3, 0.4) is 0 Å². The van der Waals surface area contributed by atoms with Crippen LogP contribution in [0.25, 0.3) is 11.0 Å². The van der Waals surface area contributed by atoms with Gasteiger partial charge in [0.2, 0.25) is 0 Å². The molecule has 4 heteroatoms. The van der Waals surface area contributed by atoms with Crippen molar-refractivity contribution >= 4 is 16.9 Å². The lowest BCUT2D eigenvalue weighted by Crippen LogP contribution is -2.62. The summed E-state index contributed by atoms with van der Waals surface area (Å²) in [6.45, 7) is 13.9. The molecule has 1 N–H and O–H groups in total. The van der Waals surface area contributed by atoms with Crippen molar-refractivity contribution in [1.82, 2.24) is 10.2 Å². The fourth-order valence-electron chi connectivity index (χ4n) is 4.78. The molecule has 2 heterocycles. The summed E-state index contributed by atoms with van der Waals surface area (Å²) < 4.78 is 6.01. The Balaban J connectivity index is 1.96. The lowest BCUT2D eigenvalue weighted by Gasteiger charge is -2.49. The van der Waals surface area contributed by atoms with Gasteiger partial charge in [-0.15, -0.1) is 0 Å². The molecule has 1 fully saturated rings. The van der Waals surface area contributed by atoms with Gasteiger partial charge in [0.15, 0.2) is 5.76 Å². The van der Waals surface area contributed by atoms with Gasteiger partial charge in [-0.3, -0.25) is 4.79 Å². The van der Waals surface area contributed by atoms with Gasteiger partial charge >= 0.3 is 0 Å². The summed E-state index contributed by atoms with van der Waals surface area (Å²) >= 11 is 0. The zero-order valence-corrected chi connectivity index (χ0v) is 17.7. The summed E-state index contributed by atoms with van der Waals surface area (Å²) in [7, 11) is 0. The Labute approximate surface area is 163 Å². The highest BCUT2D eigenvalue weighted by atomic mass is 16.3. The molecule has 1 aromatic heterocycles. The maximum absolute atomic E-state index is 13.6. The first kappa shape index (κ1) is 19.9. The molecular formula is C23H34N2O2. The van der Waals surface area contributed by atoms with Gasteiger partial charge in [0, 0.05) is 34.6 Å². The molecule has 0 atom stereocenters. The number of carbonyl (C=O) groups is 1. The molecule has 1 aliphatic heterocycles. The van der Waals surface area contributed by atoms with Crippen molar-refractivity contribution in [3.05, 3.63) is 35.6 Å². The van der Waals surface area contributed by atoms with Crippen molar-refractivity contribution in [2.45, 2.75) is 84.3 Å². The quantitative estimate of drug-likeness (QED) is 0.777. The number of fused-ring (bicyclic) bond motifs is 1. The van der Waals surface area contributed by atoms with Crippen molar-refractivity contribution in [1.29, 1.82) is 0 Å². The maximum Gasteiger partial charge on any atom is 0.290 e. The lowest BCUT2D eigenvalue weighted by molar-refractivity contribution is 0.0416. The van der Waals surface area contributed by atoms with Gasteiger partial charge < -0.3 is 14.6 Å². The predicted octanol–water partition coefficient (Wildman–Crippen LogP) is 5.29. The van der Waals surface area contributed by atoms with E-state index in [1.54, 1.807) is 0 Å². The van der Waals surface area contributed by atoms with Crippen LogP contribution in [-0.4, -0.2) is 34.5 Å². The average molecular weight is 371 g/mol. The van der Waals surface area contributed by atoms with Crippen molar-refractivity contribution in [2.75, 3.05) is 6.54 Å². The Bertz CT molecular complexity index is 803. The second kappa shape index (κ2) is 7.31. The van der Waals surface area contributed by atoms with Gasteiger partial charge in [0.05, 0.1) is 0 Å². The van der Waals surface area contributed by atoms with E-state index in [1.807, 2.05) is 31.2 Å². The molecule has 0 radical (unpaired) electrons. The lowest BCUT2D eigenvalue weighted by atomic mass is 9.79. The third-order valence-corrected chi connectivity index (χ3v) is 5.66. The monoisotopic (exact) mass is 370 g/mol. The molecule has 0 spiro atoms. The molecule has 148 valence electrons. The Morgan fingerprint density at radius 3 is 2.41 bits per heavy atom. The molecule has 0 saturated carbocycles. The van der Waals surface area contributed by atoms with Crippen LogP contribution in [0.15, 0.2) is 28.7 Å². The number of nitrogens with one attached hydrogen (secondary N) is 1. The third-order valence-electron chi connectivity index (χ3n) is 5.66. The first-order valence-electron chi connectivity index (χ1n) is 10.2. The van der Waals surface area contributed by atoms with Crippen LogP contribution in [0.4, 0.5) is 0 Å². The SMILES string of the molecule is CCCCN(C(=O)c1oc2ccccc2c1C)C1CC(C)(C)NC(C)(C)C1. The van der Waals surface area contributed by atoms with E-state index >= 15 is 0 Å². The largest absolute Gasteiger partial charge is 0.451 e. The van der Waals surface area contributed by atoms with E-state index in [4.69, 9.17) is 4.42 Å². The van der Waals surface area contributed by atoms with Gasteiger partial charge in [-0.2, -0.15) is 0 Å². The van der Waals surface area contributed by atoms with Crippen molar-refractivity contribution in [3.63, 3.8) is 0 Å². The zero-order chi connectivity index (χ0) is 19.8. The minimum absolute atomic E-state index is 0.0000827. The van der Waals surface area contributed by atoms with Crippen LogP contribution in [0.5, 0.6) is 0 Å². The number of benzene rings is 1. The van der Waals surface area contributed by atoms with Gasteiger partial charge in [-0.25, -0.2) is 0 Å². The van der Waals surface area contributed by atoms with Gasteiger partial charge in [-0.1, -0.05) is 31.5 Å². The molecule has 0 aliphatic carbocycles. The molecule has 1 saturated heterocycles. The Morgan fingerprint density at radius 2 is 1.81 bits per heavy atom. The summed E-state index contributed by atoms with van der Waals surface area (Å²) in [5.41, 5.74) is 1.74. The molecule has 0 unspecified atom stereocenters. The molecule has 4 nitrogen and oxygen atoms in total. The smallest absolute Gasteiger partial charge is 0.290 e. The molecular weight excluding hydrogens is 336 g/mol. The normalized spacial score (nSPS) is 19.3. The fourth-order valence-corrected chi connectivity index (χ4v) is 4.78. The number of para-hydroxylation sites is 1. The van der Waals surface area contributed by atoms with E-state index < -0.39 is 0 Å². The van der Waals surface area contributed by atoms with E-state index in [-0.39, 0.29) is 23.0 Å².